The van der Waals surface area contributed by atoms with E-state index < -0.39 is 6.01 Å². The summed E-state index contributed by atoms with van der Waals surface area (Å²) in [5.41, 5.74) is 0. The van der Waals surface area contributed by atoms with Crippen molar-refractivity contribution >= 4 is 15.9 Å². The Morgan fingerprint density at radius 1 is 1.62 bits per heavy atom. The van der Waals surface area contributed by atoms with Crippen LogP contribution in [0.25, 0.3) is 0 Å². The third-order valence-electron chi connectivity index (χ3n) is 0.761. The van der Waals surface area contributed by atoms with Gasteiger partial charge in [0.15, 0.2) is 0 Å². The predicted octanol–water partition coefficient (Wildman–Crippen LogP) is 2.31. The maximum absolute atomic E-state index is 11.9. The Morgan fingerprint density at radius 3 is 2.62 bits per heavy atom. The zero-order valence-corrected chi connectivity index (χ0v) is 5.61. The summed E-state index contributed by atoms with van der Waals surface area (Å²) >= 11 is 3.11. The lowest BCUT2D eigenvalue weighted by molar-refractivity contribution is 0.344. The molecule has 3 heteroatoms. The summed E-state index contributed by atoms with van der Waals surface area (Å²) < 4.78 is 16.4. The molecule has 0 aliphatic heterocycles. The fourth-order valence-corrected chi connectivity index (χ4v) is 0.725. The van der Waals surface area contributed by atoms with Crippen molar-refractivity contribution in [2.24, 2.45) is 0 Å². The van der Waals surface area contributed by atoms with Crippen molar-refractivity contribution in [3.8, 4) is 0 Å². The molecule has 0 amide bonds. The standard InChI is InChI=1S/C5H4BrFO/c6-3-4-1-2-5(7)8-4/h1-2H,3H2. The number of hydrogen-bond donors (Lipinski definition) is 0. The van der Waals surface area contributed by atoms with Crippen molar-refractivity contribution in [3.63, 3.8) is 0 Å². The van der Waals surface area contributed by atoms with Gasteiger partial charge in [-0.2, -0.15) is 4.39 Å². The zero-order chi connectivity index (χ0) is 5.98. The number of rotatable bonds is 1. The lowest BCUT2D eigenvalue weighted by atomic mass is 10.5. The highest BCUT2D eigenvalue weighted by Gasteiger charge is 1.95. The summed E-state index contributed by atoms with van der Waals surface area (Å²) in [6.45, 7) is 0. The molecule has 0 aliphatic rings. The highest BCUT2D eigenvalue weighted by Crippen LogP contribution is 2.08. The molecule has 44 valence electrons. The predicted molar refractivity (Wildman–Crippen MR) is 31.3 cm³/mol. The van der Waals surface area contributed by atoms with Crippen LogP contribution in [0, 0.1) is 6.01 Å². The van der Waals surface area contributed by atoms with Crippen LogP contribution in [0.4, 0.5) is 4.39 Å². The van der Waals surface area contributed by atoms with Crippen LogP contribution in [0.15, 0.2) is 16.5 Å². The Kier molecular flexibility index (Phi) is 1.68. The van der Waals surface area contributed by atoms with E-state index in [9.17, 15) is 4.39 Å². The van der Waals surface area contributed by atoms with Gasteiger partial charge in [-0.05, 0) is 6.07 Å². The van der Waals surface area contributed by atoms with Gasteiger partial charge in [-0.3, -0.25) is 0 Å². The first-order chi connectivity index (χ1) is 3.83. The van der Waals surface area contributed by atoms with Crippen LogP contribution in [0.2, 0.25) is 0 Å². The maximum Gasteiger partial charge on any atom is 0.277 e. The van der Waals surface area contributed by atoms with Crippen LogP contribution in [0.5, 0.6) is 0 Å². The lowest BCUT2D eigenvalue weighted by Crippen LogP contribution is -1.63. The fourth-order valence-electron chi connectivity index (χ4n) is 0.424. The van der Waals surface area contributed by atoms with Crippen LogP contribution in [-0.4, -0.2) is 0 Å². The average molecular weight is 179 g/mol. The first-order valence-corrected chi connectivity index (χ1v) is 3.25. The third-order valence-corrected chi connectivity index (χ3v) is 1.31. The minimum absolute atomic E-state index is 0.528. The van der Waals surface area contributed by atoms with Crippen molar-refractivity contribution in [2.45, 2.75) is 5.33 Å². The number of halogens is 2. The van der Waals surface area contributed by atoms with Crippen molar-refractivity contribution in [1.82, 2.24) is 0 Å². The molecule has 0 fully saturated rings. The molecule has 8 heavy (non-hydrogen) atoms. The van der Waals surface area contributed by atoms with Gasteiger partial charge in [0.2, 0.25) is 0 Å². The van der Waals surface area contributed by atoms with Crippen LogP contribution < -0.4 is 0 Å². The Labute approximate surface area is 54.6 Å². The van der Waals surface area contributed by atoms with Gasteiger partial charge in [0.25, 0.3) is 6.01 Å². The second kappa shape index (κ2) is 2.31. The number of furan rings is 1. The Bertz CT molecular complexity index is 173. The fraction of sp³-hybridized carbons (Fsp3) is 0.200. The largest absolute Gasteiger partial charge is 0.435 e. The van der Waals surface area contributed by atoms with Gasteiger partial charge in [-0.25, -0.2) is 0 Å². The molecule has 0 bridgehead atoms. The molecular formula is C5H4BrFO. The number of alkyl halides is 1. The van der Waals surface area contributed by atoms with Crippen LogP contribution >= 0.6 is 15.9 Å². The molecule has 0 N–H and O–H groups in total. The van der Waals surface area contributed by atoms with Gasteiger partial charge < -0.3 is 4.42 Å². The second-order valence-electron chi connectivity index (χ2n) is 1.34. The third kappa shape index (κ3) is 1.10. The summed E-state index contributed by atoms with van der Waals surface area (Å²) in [5, 5.41) is 0.566. The molecule has 0 saturated carbocycles. The van der Waals surface area contributed by atoms with E-state index in [1.165, 1.54) is 6.07 Å². The van der Waals surface area contributed by atoms with Gasteiger partial charge in [0, 0.05) is 6.07 Å². The first-order valence-electron chi connectivity index (χ1n) is 2.13. The SMILES string of the molecule is Fc1ccc(CBr)o1. The highest BCUT2D eigenvalue weighted by atomic mass is 79.9. The van der Waals surface area contributed by atoms with E-state index >= 15 is 0 Å². The Balaban J connectivity index is 2.84. The minimum atomic E-state index is -0.528. The molecule has 0 aliphatic carbocycles. The van der Waals surface area contributed by atoms with Gasteiger partial charge >= 0.3 is 0 Å². The van der Waals surface area contributed by atoms with Gasteiger partial charge in [0.1, 0.15) is 5.76 Å². The minimum Gasteiger partial charge on any atom is -0.435 e. The molecule has 1 rings (SSSR count). The molecule has 0 spiro atoms. The zero-order valence-electron chi connectivity index (χ0n) is 4.03. The Hall–Kier alpha value is -0.310. The van der Waals surface area contributed by atoms with E-state index in [2.05, 4.69) is 20.3 Å². The van der Waals surface area contributed by atoms with E-state index in [1.807, 2.05) is 0 Å². The van der Waals surface area contributed by atoms with E-state index in [0.29, 0.717) is 11.1 Å². The molecule has 0 radical (unpaired) electrons. The molecule has 1 heterocycles. The second-order valence-corrected chi connectivity index (χ2v) is 1.90. The van der Waals surface area contributed by atoms with E-state index in [1.54, 1.807) is 6.07 Å². The smallest absolute Gasteiger partial charge is 0.277 e. The van der Waals surface area contributed by atoms with E-state index in [-0.39, 0.29) is 0 Å². The van der Waals surface area contributed by atoms with E-state index in [0.717, 1.165) is 0 Å². The Morgan fingerprint density at radius 2 is 2.38 bits per heavy atom. The molecule has 0 saturated heterocycles. The summed E-state index contributed by atoms with van der Waals surface area (Å²) in [5.74, 6) is 0.613. The highest BCUT2D eigenvalue weighted by molar-refractivity contribution is 9.08. The average Bonchev–Trinajstić information content (AvgIpc) is 2.14. The van der Waals surface area contributed by atoms with Crippen LogP contribution in [-0.2, 0) is 5.33 Å². The summed E-state index contributed by atoms with van der Waals surface area (Å²) in [6, 6.07) is 2.35. The van der Waals surface area contributed by atoms with Crippen molar-refractivity contribution in [3.05, 3.63) is 23.9 Å². The van der Waals surface area contributed by atoms with Gasteiger partial charge in [-0.15, -0.1) is 0 Å². The molecule has 0 aromatic carbocycles. The molecule has 1 aromatic heterocycles. The molecule has 1 aromatic rings. The maximum atomic E-state index is 11.9. The number of hydrogen-bond acceptors (Lipinski definition) is 1. The normalized spacial score (nSPS) is 9.75. The monoisotopic (exact) mass is 178 g/mol. The molecule has 1 nitrogen and oxygen atoms in total. The molecule has 0 unspecified atom stereocenters. The quantitative estimate of drug-likeness (QED) is 0.602. The lowest BCUT2D eigenvalue weighted by Gasteiger charge is -1.79. The topological polar surface area (TPSA) is 13.1 Å². The van der Waals surface area contributed by atoms with Crippen molar-refractivity contribution in [1.29, 1.82) is 0 Å². The summed E-state index contributed by atoms with van der Waals surface area (Å²) in [4.78, 5) is 0. The van der Waals surface area contributed by atoms with E-state index in [4.69, 9.17) is 0 Å². The van der Waals surface area contributed by atoms with Crippen molar-refractivity contribution < 1.29 is 8.81 Å². The van der Waals surface area contributed by atoms with Crippen LogP contribution in [0.1, 0.15) is 5.76 Å². The first kappa shape index (κ1) is 5.82. The summed E-state index contributed by atoms with van der Waals surface area (Å²) in [7, 11) is 0. The van der Waals surface area contributed by atoms with Crippen molar-refractivity contribution in [2.75, 3.05) is 0 Å². The summed E-state index contributed by atoms with van der Waals surface area (Å²) in [6.07, 6.45) is 0. The molecular weight excluding hydrogens is 175 g/mol. The van der Waals surface area contributed by atoms with Gasteiger partial charge in [-0.1, -0.05) is 15.9 Å². The molecule has 0 atom stereocenters. The van der Waals surface area contributed by atoms with Crippen LogP contribution in [0.3, 0.4) is 0 Å². The van der Waals surface area contributed by atoms with Gasteiger partial charge in [0.05, 0.1) is 5.33 Å².